The van der Waals surface area contributed by atoms with Gasteiger partial charge in [-0.1, -0.05) is 12.1 Å². The second-order valence-corrected chi connectivity index (χ2v) is 3.74. The first kappa shape index (κ1) is 10.6. The molecule has 0 atom stereocenters. The van der Waals surface area contributed by atoms with Crippen molar-refractivity contribution in [2.24, 2.45) is 12.8 Å². The number of amides is 1. The zero-order chi connectivity index (χ0) is 11.7. The van der Waals surface area contributed by atoms with Gasteiger partial charge in [-0.2, -0.15) is 5.10 Å². The van der Waals surface area contributed by atoms with Crippen molar-refractivity contribution in [3.8, 4) is 11.4 Å². The molecule has 0 aliphatic carbocycles. The van der Waals surface area contributed by atoms with E-state index in [4.69, 9.17) is 18.0 Å². The lowest BCUT2D eigenvalue weighted by Gasteiger charge is -2.01. The fourth-order valence-electron chi connectivity index (χ4n) is 1.42. The molecule has 1 aromatic carbocycles. The maximum atomic E-state index is 11.0. The standard InChI is InChI=1S/C10H10N4OS/c1-14-9(12-13-10(14)16)7-4-2-3-6(5-7)8(11)15/h2-5H,1H3,(H2,11,15)(H,13,16). The summed E-state index contributed by atoms with van der Waals surface area (Å²) < 4.78 is 2.26. The Bertz CT molecular complexity index is 599. The number of carbonyl (C=O) groups is 1. The average molecular weight is 234 g/mol. The molecule has 3 N–H and O–H groups in total. The topological polar surface area (TPSA) is 76.7 Å². The van der Waals surface area contributed by atoms with E-state index < -0.39 is 5.91 Å². The normalized spacial score (nSPS) is 10.3. The molecule has 2 aromatic rings. The monoisotopic (exact) mass is 234 g/mol. The molecule has 0 bridgehead atoms. The highest BCUT2D eigenvalue weighted by Gasteiger charge is 2.07. The van der Waals surface area contributed by atoms with Crippen LogP contribution in [0.4, 0.5) is 0 Å². The first-order chi connectivity index (χ1) is 7.59. The smallest absolute Gasteiger partial charge is 0.248 e. The Morgan fingerprint density at radius 2 is 2.31 bits per heavy atom. The second kappa shape index (κ2) is 3.90. The van der Waals surface area contributed by atoms with Gasteiger partial charge in [-0.05, 0) is 24.4 Å². The number of H-pyrrole nitrogens is 1. The Morgan fingerprint density at radius 1 is 1.56 bits per heavy atom. The van der Waals surface area contributed by atoms with Crippen LogP contribution in [0.15, 0.2) is 24.3 Å². The lowest BCUT2D eigenvalue weighted by Crippen LogP contribution is -2.10. The van der Waals surface area contributed by atoms with E-state index in [-0.39, 0.29) is 0 Å². The van der Waals surface area contributed by atoms with Gasteiger partial charge in [0.1, 0.15) is 0 Å². The number of nitrogens with one attached hydrogen (secondary N) is 1. The van der Waals surface area contributed by atoms with Crippen LogP contribution >= 0.6 is 12.2 Å². The van der Waals surface area contributed by atoms with Crippen LogP contribution < -0.4 is 5.73 Å². The van der Waals surface area contributed by atoms with Crippen LogP contribution in [0.5, 0.6) is 0 Å². The van der Waals surface area contributed by atoms with Crippen LogP contribution in [0.3, 0.4) is 0 Å². The molecule has 0 spiro atoms. The third-order valence-electron chi connectivity index (χ3n) is 2.29. The summed E-state index contributed by atoms with van der Waals surface area (Å²) in [6.07, 6.45) is 0. The van der Waals surface area contributed by atoms with Crippen molar-refractivity contribution in [1.29, 1.82) is 0 Å². The number of aromatic nitrogens is 3. The van der Waals surface area contributed by atoms with Crippen molar-refractivity contribution in [2.75, 3.05) is 0 Å². The third kappa shape index (κ3) is 1.74. The van der Waals surface area contributed by atoms with Gasteiger partial charge in [0, 0.05) is 18.2 Å². The molecule has 0 fully saturated rings. The molecule has 1 heterocycles. The van der Waals surface area contributed by atoms with Gasteiger partial charge < -0.3 is 10.3 Å². The first-order valence-corrected chi connectivity index (χ1v) is 5.02. The maximum absolute atomic E-state index is 11.0. The predicted octanol–water partition coefficient (Wildman–Crippen LogP) is 1.24. The van der Waals surface area contributed by atoms with Gasteiger partial charge in [0.05, 0.1) is 0 Å². The van der Waals surface area contributed by atoms with Crippen molar-refractivity contribution in [2.45, 2.75) is 0 Å². The van der Waals surface area contributed by atoms with Gasteiger partial charge >= 0.3 is 0 Å². The van der Waals surface area contributed by atoms with Gasteiger partial charge in [0.25, 0.3) is 0 Å². The van der Waals surface area contributed by atoms with Crippen LogP contribution in [-0.4, -0.2) is 20.7 Å². The molecule has 0 radical (unpaired) electrons. The minimum Gasteiger partial charge on any atom is -0.366 e. The van der Waals surface area contributed by atoms with E-state index in [9.17, 15) is 4.79 Å². The molecular weight excluding hydrogens is 224 g/mol. The minimum atomic E-state index is -0.460. The van der Waals surface area contributed by atoms with Gasteiger partial charge in [-0.25, -0.2) is 0 Å². The van der Waals surface area contributed by atoms with Crippen LogP contribution in [0.1, 0.15) is 10.4 Å². The molecule has 5 nitrogen and oxygen atoms in total. The number of primary amides is 1. The van der Waals surface area contributed by atoms with Crippen molar-refractivity contribution < 1.29 is 4.79 Å². The van der Waals surface area contributed by atoms with E-state index in [1.807, 2.05) is 6.07 Å². The van der Waals surface area contributed by atoms with Crippen molar-refractivity contribution >= 4 is 18.1 Å². The summed E-state index contributed by atoms with van der Waals surface area (Å²) in [6.45, 7) is 0. The highest BCUT2D eigenvalue weighted by atomic mass is 32.1. The van der Waals surface area contributed by atoms with Crippen LogP contribution in [0, 0.1) is 4.77 Å². The Morgan fingerprint density at radius 3 is 2.88 bits per heavy atom. The number of benzene rings is 1. The number of rotatable bonds is 2. The zero-order valence-electron chi connectivity index (χ0n) is 8.60. The summed E-state index contributed by atoms with van der Waals surface area (Å²) in [6, 6.07) is 6.95. The van der Waals surface area contributed by atoms with E-state index in [0.29, 0.717) is 16.2 Å². The Labute approximate surface area is 96.9 Å². The van der Waals surface area contributed by atoms with E-state index >= 15 is 0 Å². The van der Waals surface area contributed by atoms with E-state index in [2.05, 4.69) is 10.2 Å². The molecule has 82 valence electrons. The number of carbonyl (C=O) groups excluding carboxylic acids is 1. The lowest BCUT2D eigenvalue weighted by atomic mass is 10.1. The molecule has 0 saturated heterocycles. The number of aromatic amines is 1. The van der Waals surface area contributed by atoms with Gasteiger partial charge in [0.15, 0.2) is 10.6 Å². The predicted molar refractivity (Wildman–Crippen MR) is 62.3 cm³/mol. The highest BCUT2D eigenvalue weighted by Crippen LogP contribution is 2.17. The molecule has 1 aromatic heterocycles. The van der Waals surface area contributed by atoms with Crippen molar-refractivity contribution in [3.63, 3.8) is 0 Å². The molecule has 0 aliphatic rings. The summed E-state index contributed by atoms with van der Waals surface area (Å²) >= 11 is 5.01. The minimum absolute atomic E-state index is 0.450. The first-order valence-electron chi connectivity index (χ1n) is 4.61. The van der Waals surface area contributed by atoms with Gasteiger partial charge in [-0.15, -0.1) is 0 Å². The fraction of sp³-hybridized carbons (Fsp3) is 0.100. The van der Waals surface area contributed by atoms with Crippen LogP contribution in [0.25, 0.3) is 11.4 Å². The summed E-state index contributed by atoms with van der Waals surface area (Å²) in [7, 11) is 1.80. The largest absolute Gasteiger partial charge is 0.366 e. The Kier molecular flexibility index (Phi) is 2.57. The van der Waals surface area contributed by atoms with Crippen molar-refractivity contribution in [3.05, 3.63) is 34.6 Å². The summed E-state index contributed by atoms with van der Waals surface area (Å²) in [5, 5.41) is 6.76. The van der Waals surface area contributed by atoms with Crippen molar-refractivity contribution in [1.82, 2.24) is 14.8 Å². The summed E-state index contributed by atoms with van der Waals surface area (Å²) in [5.41, 5.74) is 6.46. The SMILES string of the molecule is Cn1c(-c2cccc(C(N)=O)c2)n[nH]c1=S. The average Bonchev–Trinajstić information content (AvgIpc) is 2.60. The van der Waals surface area contributed by atoms with Gasteiger partial charge in [0.2, 0.25) is 5.91 Å². The molecule has 1 amide bonds. The van der Waals surface area contributed by atoms with Gasteiger partial charge in [-0.3, -0.25) is 9.89 Å². The highest BCUT2D eigenvalue weighted by molar-refractivity contribution is 7.71. The molecule has 0 aliphatic heterocycles. The number of hydrogen-bond acceptors (Lipinski definition) is 3. The van der Waals surface area contributed by atoms with Crippen LogP contribution in [0.2, 0.25) is 0 Å². The van der Waals surface area contributed by atoms with E-state index in [1.165, 1.54) is 0 Å². The second-order valence-electron chi connectivity index (χ2n) is 3.36. The molecular formula is C10H10N4OS. The quantitative estimate of drug-likeness (QED) is 0.767. The Hall–Kier alpha value is -1.95. The Balaban J connectivity index is 2.57. The van der Waals surface area contributed by atoms with E-state index in [1.54, 1.807) is 29.8 Å². The summed E-state index contributed by atoms with van der Waals surface area (Å²) in [5.74, 6) is 0.215. The number of nitrogens with two attached hydrogens (primary N) is 1. The summed E-state index contributed by atoms with van der Waals surface area (Å²) in [4.78, 5) is 11.0. The molecule has 6 heteroatoms. The molecule has 2 rings (SSSR count). The zero-order valence-corrected chi connectivity index (χ0v) is 9.41. The van der Waals surface area contributed by atoms with Crippen LogP contribution in [-0.2, 0) is 7.05 Å². The van der Waals surface area contributed by atoms with E-state index in [0.717, 1.165) is 5.56 Å². The number of hydrogen-bond donors (Lipinski definition) is 2. The number of nitrogens with zero attached hydrogens (tertiary/aromatic N) is 2. The lowest BCUT2D eigenvalue weighted by molar-refractivity contribution is 0.100. The molecule has 16 heavy (non-hydrogen) atoms. The third-order valence-corrected chi connectivity index (χ3v) is 2.65. The molecule has 0 unspecified atom stereocenters. The molecule has 0 saturated carbocycles. The maximum Gasteiger partial charge on any atom is 0.248 e. The fourth-order valence-corrected chi connectivity index (χ4v) is 1.55.